The lowest BCUT2D eigenvalue weighted by atomic mass is 9.49. The molecule has 4 saturated carbocycles. The molecule has 1 amide bonds. The van der Waals surface area contributed by atoms with E-state index in [1.807, 2.05) is 47.8 Å². The summed E-state index contributed by atoms with van der Waals surface area (Å²) in [5, 5.41) is 5.06. The van der Waals surface area contributed by atoms with E-state index in [9.17, 15) is 9.59 Å². The highest BCUT2D eigenvalue weighted by atomic mass is 32.1. The van der Waals surface area contributed by atoms with Crippen molar-refractivity contribution in [3.05, 3.63) is 58.3 Å². The zero-order chi connectivity index (χ0) is 19.8. The third kappa shape index (κ3) is 3.73. The first-order valence-corrected chi connectivity index (χ1v) is 11.5. The predicted octanol–water partition coefficient (Wildman–Crippen LogP) is 4.71. The molecule has 1 aromatic carbocycles. The van der Waals surface area contributed by atoms with Gasteiger partial charge in [0.1, 0.15) is 0 Å². The number of hydrogen-bond acceptors (Lipinski definition) is 4. The third-order valence-electron chi connectivity index (χ3n) is 7.07. The van der Waals surface area contributed by atoms with Crippen LogP contribution in [0.2, 0.25) is 0 Å². The monoisotopic (exact) mass is 409 g/mol. The first-order chi connectivity index (χ1) is 14.1. The van der Waals surface area contributed by atoms with Gasteiger partial charge in [0.2, 0.25) is 0 Å². The molecule has 4 aliphatic rings. The van der Waals surface area contributed by atoms with Crippen LogP contribution in [-0.2, 0) is 14.3 Å². The SMILES string of the molecule is O=C(COC(=O)C12CC3CC(CC(C3)C1)C2)N[C@H](c1ccccc1)c1cccs1. The molecule has 6 rings (SSSR count). The van der Waals surface area contributed by atoms with E-state index in [0.717, 1.165) is 29.7 Å². The standard InChI is InChI=1S/C24H27NO3S/c26-21(25-22(20-7-4-8-29-20)19-5-2-1-3-6-19)15-28-23(27)24-12-16-9-17(13-24)11-18(10-16)14-24/h1-8,16-18,22H,9-15H2,(H,25,26)/t16?,17?,18?,22-,24?/m1/s1. The predicted molar refractivity (Wildman–Crippen MR) is 112 cm³/mol. The first-order valence-electron chi connectivity index (χ1n) is 10.7. The maximum absolute atomic E-state index is 13.0. The fraction of sp³-hybridized carbons (Fsp3) is 0.500. The smallest absolute Gasteiger partial charge is 0.312 e. The van der Waals surface area contributed by atoms with Crippen molar-refractivity contribution in [2.24, 2.45) is 23.2 Å². The van der Waals surface area contributed by atoms with E-state index < -0.39 is 0 Å². The van der Waals surface area contributed by atoms with Gasteiger partial charge in [-0.15, -0.1) is 11.3 Å². The fourth-order valence-corrected chi connectivity index (χ4v) is 7.07. The average Bonchev–Trinajstić information content (AvgIpc) is 3.24. The second-order valence-electron chi connectivity index (χ2n) is 9.20. The molecule has 4 nitrogen and oxygen atoms in total. The van der Waals surface area contributed by atoms with E-state index in [2.05, 4.69) is 5.32 Å². The average molecular weight is 410 g/mol. The highest BCUT2D eigenvalue weighted by molar-refractivity contribution is 7.10. The quantitative estimate of drug-likeness (QED) is 0.703. The number of benzene rings is 1. The van der Waals surface area contributed by atoms with E-state index in [0.29, 0.717) is 17.8 Å². The summed E-state index contributed by atoms with van der Waals surface area (Å²) in [4.78, 5) is 26.7. The molecule has 152 valence electrons. The molecule has 4 aliphatic carbocycles. The molecule has 5 heteroatoms. The van der Waals surface area contributed by atoms with Crippen LogP contribution in [0.25, 0.3) is 0 Å². The zero-order valence-corrected chi connectivity index (χ0v) is 17.3. The van der Waals surface area contributed by atoms with Crippen LogP contribution >= 0.6 is 11.3 Å². The minimum Gasteiger partial charge on any atom is -0.455 e. The number of thiophene rings is 1. The molecular formula is C24H27NO3S. The highest BCUT2D eigenvalue weighted by Gasteiger charge is 2.55. The number of amides is 1. The number of rotatable bonds is 6. The summed E-state index contributed by atoms with van der Waals surface area (Å²) < 4.78 is 5.60. The van der Waals surface area contributed by atoms with Crippen molar-refractivity contribution in [3.8, 4) is 0 Å². The van der Waals surface area contributed by atoms with Crippen LogP contribution < -0.4 is 5.32 Å². The molecule has 0 spiro atoms. The summed E-state index contributed by atoms with van der Waals surface area (Å²) in [6, 6.07) is 13.7. The van der Waals surface area contributed by atoms with E-state index in [-0.39, 0.29) is 29.9 Å². The van der Waals surface area contributed by atoms with E-state index in [1.54, 1.807) is 11.3 Å². The summed E-state index contributed by atoms with van der Waals surface area (Å²) in [6.45, 7) is -0.199. The number of nitrogens with one attached hydrogen (secondary N) is 1. The third-order valence-corrected chi connectivity index (χ3v) is 8.01. The Morgan fingerprint density at radius 1 is 1.00 bits per heavy atom. The van der Waals surface area contributed by atoms with Crippen LogP contribution in [0, 0.1) is 23.2 Å². The zero-order valence-electron chi connectivity index (χ0n) is 16.5. The van der Waals surface area contributed by atoms with E-state index in [4.69, 9.17) is 4.74 Å². The summed E-state index contributed by atoms with van der Waals surface area (Å²) in [6.07, 6.45) is 6.73. The van der Waals surface area contributed by atoms with Crippen molar-refractivity contribution in [2.45, 2.75) is 44.6 Å². The van der Waals surface area contributed by atoms with Gasteiger partial charge in [-0.2, -0.15) is 0 Å². The van der Waals surface area contributed by atoms with Gasteiger partial charge in [0.25, 0.3) is 5.91 Å². The molecule has 0 saturated heterocycles. The van der Waals surface area contributed by atoms with Crippen molar-refractivity contribution in [1.29, 1.82) is 0 Å². The Labute approximate surface area is 175 Å². The van der Waals surface area contributed by atoms with Gasteiger partial charge in [-0.05, 0) is 73.3 Å². The van der Waals surface area contributed by atoms with Gasteiger partial charge in [-0.3, -0.25) is 9.59 Å². The van der Waals surface area contributed by atoms with Gasteiger partial charge in [0.15, 0.2) is 6.61 Å². The molecule has 0 radical (unpaired) electrons. The van der Waals surface area contributed by atoms with Gasteiger partial charge in [0, 0.05) is 4.88 Å². The summed E-state index contributed by atoms with van der Waals surface area (Å²) >= 11 is 1.61. The lowest BCUT2D eigenvalue weighted by Crippen LogP contribution is -2.51. The van der Waals surface area contributed by atoms with Crippen LogP contribution in [0.15, 0.2) is 47.8 Å². The van der Waals surface area contributed by atoms with Gasteiger partial charge in [-0.1, -0.05) is 36.4 Å². The maximum atomic E-state index is 13.0. The van der Waals surface area contributed by atoms with Crippen molar-refractivity contribution in [2.75, 3.05) is 6.61 Å². The van der Waals surface area contributed by atoms with Crippen molar-refractivity contribution in [3.63, 3.8) is 0 Å². The molecule has 0 unspecified atom stereocenters. The fourth-order valence-electron chi connectivity index (χ4n) is 6.27. The van der Waals surface area contributed by atoms with Crippen molar-refractivity contribution >= 4 is 23.2 Å². The van der Waals surface area contributed by atoms with E-state index >= 15 is 0 Å². The molecule has 1 aromatic heterocycles. The highest BCUT2D eigenvalue weighted by Crippen LogP contribution is 2.60. The normalized spacial score (nSPS) is 30.7. The Hall–Kier alpha value is -2.14. The summed E-state index contributed by atoms with van der Waals surface area (Å²) in [7, 11) is 0. The van der Waals surface area contributed by atoms with Gasteiger partial charge in [0.05, 0.1) is 11.5 Å². The molecule has 4 bridgehead atoms. The molecule has 1 atom stereocenters. The number of carbonyl (C=O) groups is 2. The largest absolute Gasteiger partial charge is 0.455 e. The van der Waals surface area contributed by atoms with Crippen LogP contribution in [0.5, 0.6) is 0 Å². The molecule has 1 N–H and O–H groups in total. The van der Waals surface area contributed by atoms with Crippen LogP contribution in [-0.4, -0.2) is 18.5 Å². The number of ether oxygens (including phenoxy) is 1. The van der Waals surface area contributed by atoms with Gasteiger partial charge >= 0.3 is 5.97 Å². The minimum atomic E-state index is -0.318. The van der Waals surface area contributed by atoms with Crippen LogP contribution in [0.3, 0.4) is 0 Å². The topological polar surface area (TPSA) is 55.4 Å². The Bertz CT molecular complexity index is 842. The summed E-state index contributed by atoms with van der Waals surface area (Å²) in [5.74, 6) is 1.67. The molecule has 0 aliphatic heterocycles. The number of hydrogen-bond donors (Lipinski definition) is 1. The molecule has 29 heavy (non-hydrogen) atoms. The van der Waals surface area contributed by atoms with Gasteiger partial charge in [-0.25, -0.2) is 0 Å². The second-order valence-corrected chi connectivity index (χ2v) is 10.2. The lowest BCUT2D eigenvalue weighted by molar-refractivity contribution is -0.173. The first kappa shape index (κ1) is 18.9. The van der Waals surface area contributed by atoms with Crippen LogP contribution in [0.4, 0.5) is 0 Å². The van der Waals surface area contributed by atoms with Gasteiger partial charge < -0.3 is 10.1 Å². The molecule has 2 aromatic rings. The Kier molecular flexibility index (Phi) is 4.94. The Balaban J connectivity index is 1.23. The summed E-state index contributed by atoms with van der Waals surface area (Å²) in [5.41, 5.74) is 0.706. The minimum absolute atomic E-state index is 0.140. The Morgan fingerprint density at radius 3 is 2.24 bits per heavy atom. The van der Waals surface area contributed by atoms with Crippen molar-refractivity contribution < 1.29 is 14.3 Å². The van der Waals surface area contributed by atoms with Crippen molar-refractivity contribution in [1.82, 2.24) is 5.32 Å². The Morgan fingerprint density at radius 2 is 1.66 bits per heavy atom. The molecule has 4 fully saturated rings. The maximum Gasteiger partial charge on any atom is 0.312 e. The number of carbonyl (C=O) groups excluding carboxylic acids is 2. The number of esters is 1. The molecule has 1 heterocycles. The second kappa shape index (κ2) is 7.60. The molecular weight excluding hydrogens is 382 g/mol. The lowest BCUT2D eigenvalue weighted by Gasteiger charge is -2.55. The van der Waals surface area contributed by atoms with Crippen LogP contribution in [0.1, 0.15) is 55.0 Å². The van der Waals surface area contributed by atoms with E-state index in [1.165, 1.54) is 19.3 Å².